The molecular weight excluding hydrogens is 218 g/mol. The van der Waals surface area contributed by atoms with Crippen LogP contribution in [0.15, 0.2) is 0 Å². The van der Waals surface area contributed by atoms with Gasteiger partial charge in [-0.25, -0.2) is 0 Å². The van der Waals surface area contributed by atoms with Crippen LogP contribution in [-0.4, -0.2) is 23.5 Å². The van der Waals surface area contributed by atoms with Crippen LogP contribution in [0.5, 0.6) is 0 Å². The van der Waals surface area contributed by atoms with Crippen molar-refractivity contribution in [1.29, 1.82) is 0 Å². The largest absolute Gasteiger partial charge is 0.481 e. The van der Waals surface area contributed by atoms with Crippen LogP contribution >= 0.6 is 0 Å². The summed E-state index contributed by atoms with van der Waals surface area (Å²) < 4.78 is 0. The van der Waals surface area contributed by atoms with Gasteiger partial charge in [0.2, 0.25) is 5.91 Å². The lowest BCUT2D eigenvalue weighted by Gasteiger charge is -2.17. The summed E-state index contributed by atoms with van der Waals surface area (Å²) in [4.78, 5) is 22.2. The van der Waals surface area contributed by atoms with Crippen LogP contribution in [0.3, 0.4) is 0 Å². The molecule has 1 rings (SSSR count). The first-order valence-electron chi connectivity index (χ1n) is 6.45. The molecule has 4 nitrogen and oxygen atoms in total. The van der Waals surface area contributed by atoms with Gasteiger partial charge in [-0.3, -0.25) is 9.59 Å². The van der Waals surface area contributed by atoms with Crippen molar-refractivity contribution in [3.63, 3.8) is 0 Å². The Hall–Kier alpha value is -1.06. The molecule has 0 aliphatic heterocycles. The van der Waals surface area contributed by atoms with Crippen molar-refractivity contribution in [3.8, 4) is 0 Å². The second-order valence-electron chi connectivity index (χ2n) is 5.55. The Morgan fingerprint density at radius 1 is 1.35 bits per heavy atom. The molecule has 0 saturated heterocycles. The molecular formula is C13H23NO3. The molecule has 98 valence electrons. The monoisotopic (exact) mass is 241 g/mol. The van der Waals surface area contributed by atoms with Gasteiger partial charge in [-0.2, -0.15) is 0 Å². The summed E-state index contributed by atoms with van der Waals surface area (Å²) >= 11 is 0. The molecule has 1 saturated carbocycles. The van der Waals surface area contributed by atoms with E-state index in [1.54, 1.807) is 0 Å². The Morgan fingerprint density at radius 3 is 2.47 bits per heavy atom. The van der Waals surface area contributed by atoms with E-state index in [9.17, 15) is 9.59 Å². The van der Waals surface area contributed by atoms with Gasteiger partial charge in [-0.05, 0) is 37.0 Å². The van der Waals surface area contributed by atoms with E-state index in [0.717, 1.165) is 19.3 Å². The molecule has 0 aromatic carbocycles. The van der Waals surface area contributed by atoms with Crippen LogP contribution in [0, 0.1) is 17.8 Å². The Kier molecular flexibility index (Phi) is 5.45. The minimum absolute atomic E-state index is 0.0515. The number of amides is 1. The zero-order chi connectivity index (χ0) is 12.8. The third-order valence-corrected chi connectivity index (χ3v) is 3.03. The molecule has 17 heavy (non-hydrogen) atoms. The maximum Gasteiger partial charge on any atom is 0.303 e. The molecule has 0 bridgehead atoms. The molecule has 0 heterocycles. The summed E-state index contributed by atoms with van der Waals surface area (Å²) in [6.45, 7) is 4.64. The minimum atomic E-state index is -0.785. The second-order valence-corrected chi connectivity index (χ2v) is 5.55. The van der Waals surface area contributed by atoms with Gasteiger partial charge in [0.15, 0.2) is 0 Å². The maximum atomic E-state index is 11.5. The molecule has 1 aliphatic carbocycles. The van der Waals surface area contributed by atoms with Gasteiger partial charge in [0.25, 0.3) is 0 Å². The van der Waals surface area contributed by atoms with E-state index in [1.165, 1.54) is 0 Å². The number of carbonyl (C=O) groups excluding carboxylic acids is 1. The molecule has 0 radical (unpaired) electrons. The van der Waals surface area contributed by atoms with Crippen molar-refractivity contribution in [3.05, 3.63) is 0 Å². The predicted molar refractivity (Wildman–Crippen MR) is 65.5 cm³/mol. The van der Waals surface area contributed by atoms with Crippen molar-refractivity contribution in [2.75, 3.05) is 6.54 Å². The first kappa shape index (κ1) is 14.0. The van der Waals surface area contributed by atoms with Crippen LogP contribution < -0.4 is 5.32 Å². The Morgan fingerprint density at radius 2 is 2.00 bits per heavy atom. The molecule has 0 spiro atoms. The fourth-order valence-electron chi connectivity index (χ4n) is 2.07. The van der Waals surface area contributed by atoms with E-state index in [1.807, 2.05) is 0 Å². The summed E-state index contributed by atoms with van der Waals surface area (Å²) in [5, 5.41) is 11.7. The van der Waals surface area contributed by atoms with Crippen molar-refractivity contribution in [2.24, 2.45) is 17.8 Å². The number of hydrogen-bond donors (Lipinski definition) is 2. The number of hydrogen-bond acceptors (Lipinski definition) is 2. The van der Waals surface area contributed by atoms with Crippen LogP contribution in [-0.2, 0) is 9.59 Å². The smallest absolute Gasteiger partial charge is 0.303 e. The van der Waals surface area contributed by atoms with Crippen LogP contribution in [0.25, 0.3) is 0 Å². The lowest BCUT2D eigenvalue weighted by Crippen LogP contribution is -2.31. The molecule has 2 N–H and O–H groups in total. The summed E-state index contributed by atoms with van der Waals surface area (Å²) in [7, 11) is 0. The number of rotatable bonds is 8. The Balaban J connectivity index is 2.25. The third-order valence-electron chi connectivity index (χ3n) is 3.03. The second kappa shape index (κ2) is 6.62. The number of carboxylic acid groups (broad SMARTS) is 1. The van der Waals surface area contributed by atoms with Crippen LogP contribution in [0.4, 0.5) is 0 Å². The fourth-order valence-corrected chi connectivity index (χ4v) is 2.07. The summed E-state index contributed by atoms with van der Waals surface area (Å²) in [6, 6.07) is 0. The normalized spacial score (nSPS) is 16.9. The van der Waals surface area contributed by atoms with E-state index in [2.05, 4.69) is 19.2 Å². The zero-order valence-corrected chi connectivity index (χ0v) is 10.7. The molecule has 0 aromatic heterocycles. The van der Waals surface area contributed by atoms with Crippen molar-refractivity contribution >= 4 is 11.9 Å². The number of carboxylic acids is 1. The SMILES string of the molecule is CC(C)C[C@H](CNC(=O)CC1CC1)CC(=O)O. The standard InChI is InChI=1S/C13H23NO3/c1-9(2)5-11(7-13(16)17)8-14-12(15)6-10-3-4-10/h9-11H,3-8H2,1-2H3,(H,14,15)(H,16,17)/t11-/m0/s1. The fraction of sp³-hybridized carbons (Fsp3) is 0.846. The topological polar surface area (TPSA) is 66.4 Å². The highest BCUT2D eigenvalue weighted by Crippen LogP contribution is 2.32. The summed E-state index contributed by atoms with van der Waals surface area (Å²) in [5.74, 6) is 0.382. The van der Waals surface area contributed by atoms with Gasteiger partial charge in [0, 0.05) is 19.4 Å². The summed E-state index contributed by atoms with van der Waals surface area (Å²) in [6.07, 6.45) is 3.93. The molecule has 1 atom stereocenters. The number of nitrogens with one attached hydrogen (secondary N) is 1. The number of carbonyl (C=O) groups is 2. The average Bonchev–Trinajstić information content (AvgIpc) is 2.96. The van der Waals surface area contributed by atoms with E-state index < -0.39 is 5.97 Å². The molecule has 0 aromatic rings. The van der Waals surface area contributed by atoms with E-state index in [4.69, 9.17) is 5.11 Å². The molecule has 1 aliphatic rings. The van der Waals surface area contributed by atoms with Gasteiger partial charge in [0.1, 0.15) is 0 Å². The van der Waals surface area contributed by atoms with Gasteiger partial charge < -0.3 is 10.4 Å². The van der Waals surface area contributed by atoms with Gasteiger partial charge >= 0.3 is 5.97 Å². The first-order valence-corrected chi connectivity index (χ1v) is 6.45. The first-order chi connectivity index (χ1) is 7.97. The predicted octanol–water partition coefficient (Wildman–Crippen LogP) is 2.04. The summed E-state index contributed by atoms with van der Waals surface area (Å²) in [5.41, 5.74) is 0. The number of aliphatic carboxylic acids is 1. The maximum absolute atomic E-state index is 11.5. The lowest BCUT2D eigenvalue weighted by atomic mass is 9.94. The van der Waals surface area contributed by atoms with E-state index in [0.29, 0.717) is 24.8 Å². The van der Waals surface area contributed by atoms with Gasteiger partial charge in [-0.15, -0.1) is 0 Å². The third kappa shape index (κ3) is 6.97. The molecule has 1 amide bonds. The quantitative estimate of drug-likeness (QED) is 0.683. The van der Waals surface area contributed by atoms with Gasteiger partial charge in [0.05, 0.1) is 0 Å². The van der Waals surface area contributed by atoms with E-state index in [-0.39, 0.29) is 18.2 Å². The van der Waals surface area contributed by atoms with E-state index >= 15 is 0 Å². The van der Waals surface area contributed by atoms with Crippen molar-refractivity contribution in [1.82, 2.24) is 5.32 Å². The minimum Gasteiger partial charge on any atom is -0.481 e. The van der Waals surface area contributed by atoms with Crippen molar-refractivity contribution in [2.45, 2.75) is 46.0 Å². The van der Waals surface area contributed by atoms with Crippen LogP contribution in [0.1, 0.15) is 46.0 Å². The Labute approximate surface area is 103 Å². The molecule has 4 heteroatoms. The lowest BCUT2D eigenvalue weighted by molar-refractivity contribution is -0.138. The highest BCUT2D eigenvalue weighted by atomic mass is 16.4. The Bertz CT molecular complexity index is 272. The zero-order valence-electron chi connectivity index (χ0n) is 10.7. The highest BCUT2D eigenvalue weighted by Gasteiger charge is 2.24. The molecule has 1 fully saturated rings. The van der Waals surface area contributed by atoms with Crippen molar-refractivity contribution < 1.29 is 14.7 Å². The van der Waals surface area contributed by atoms with Crippen LogP contribution in [0.2, 0.25) is 0 Å². The average molecular weight is 241 g/mol. The highest BCUT2D eigenvalue weighted by molar-refractivity contribution is 5.76. The van der Waals surface area contributed by atoms with Gasteiger partial charge in [-0.1, -0.05) is 13.8 Å². The molecule has 0 unspecified atom stereocenters.